The van der Waals surface area contributed by atoms with Crippen LogP contribution >= 0.6 is 0 Å². The summed E-state index contributed by atoms with van der Waals surface area (Å²) in [5, 5.41) is 7.84. The zero-order valence-electron chi connectivity index (χ0n) is 9.35. The largest absolute Gasteiger partial charge is 0.317 e. The lowest BCUT2D eigenvalue weighted by molar-refractivity contribution is 0.329. The van der Waals surface area contributed by atoms with Gasteiger partial charge >= 0.3 is 0 Å². The van der Waals surface area contributed by atoms with E-state index in [-0.39, 0.29) is 5.56 Å². The van der Waals surface area contributed by atoms with E-state index in [0.29, 0.717) is 12.0 Å². The molecule has 1 aromatic heterocycles. The minimum atomic E-state index is 0.0521. The number of piperidine rings is 1. The molecule has 0 aromatic carbocycles. The first-order valence-corrected chi connectivity index (χ1v) is 6.15. The highest BCUT2D eigenvalue weighted by molar-refractivity contribution is 5.12. The van der Waals surface area contributed by atoms with Gasteiger partial charge in [0.15, 0.2) is 0 Å². The summed E-state index contributed by atoms with van der Waals surface area (Å²) >= 11 is 0. The third kappa shape index (κ3) is 1.89. The van der Waals surface area contributed by atoms with Crippen LogP contribution in [-0.2, 0) is 0 Å². The first-order valence-electron chi connectivity index (χ1n) is 6.15. The highest BCUT2D eigenvalue weighted by Crippen LogP contribution is 2.38. The van der Waals surface area contributed by atoms with Crippen molar-refractivity contribution in [3.05, 3.63) is 28.2 Å². The average molecular weight is 219 g/mol. The molecule has 2 heterocycles. The Morgan fingerprint density at radius 1 is 1.19 bits per heavy atom. The summed E-state index contributed by atoms with van der Waals surface area (Å²) in [6.07, 6.45) is 4.50. The Hall–Kier alpha value is -1.16. The van der Waals surface area contributed by atoms with Gasteiger partial charge in [0.05, 0.1) is 11.7 Å². The summed E-state index contributed by atoms with van der Waals surface area (Å²) in [6.45, 7) is 1.99. The van der Waals surface area contributed by atoms with Crippen molar-refractivity contribution >= 4 is 0 Å². The standard InChI is InChI=1S/C12H17N3O/c16-12-4-3-11(9-1-2-9)14-15(12)10-5-7-13-8-6-10/h3-4,9-10,13H,1-2,5-8H2. The molecule has 4 nitrogen and oxygen atoms in total. The first-order chi connectivity index (χ1) is 7.84. The van der Waals surface area contributed by atoms with Crippen LogP contribution in [0.3, 0.4) is 0 Å². The topological polar surface area (TPSA) is 46.9 Å². The summed E-state index contributed by atoms with van der Waals surface area (Å²) in [7, 11) is 0. The van der Waals surface area contributed by atoms with Crippen molar-refractivity contribution in [3.63, 3.8) is 0 Å². The zero-order chi connectivity index (χ0) is 11.0. The molecule has 1 saturated carbocycles. The molecule has 16 heavy (non-hydrogen) atoms. The fraction of sp³-hybridized carbons (Fsp3) is 0.667. The molecule has 0 atom stereocenters. The highest BCUT2D eigenvalue weighted by atomic mass is 16.1. The lowest BCUT2D eigenvalue weighted by atomic mass is 10.1. The molecule has 0 bridgehead atoms. The van der Waals surface area contributed by atoms with E-state index in [1.165, 1.54) is 12.8 Å². The van der Waals surface area contributed by atoms with Crippen LogP contribution in [0.15, 0.2) is 16.9 Å². The molecule has 1 aliphatic carbocycles. The van der Waals surface area contributed by atoms with Crippen molar-refractivity contribution in [3.8, 4) is 0 Å². The fourth-order valence-electron chi connectivity index (χ4n) is 2.35. The third-order valence-corrected chi connectivity index (χ3v) is 3.50. The Morgan fingerprint density at radius 2 is 1.94 bits per heavy atom. The van der Waals surface area contributed by atoms with E-state index in [4.69, 9.17) is 0 Å². The van der Waals surface area contributed by atoms with Gasteiger partial charge in [-0.15, -0.1) is 0 Å². The Morgan fingerprint density at radius 3 is 2.62 bits per heavy atom. The van der Waals surface area contributed by atoms with Crippen LogP contribution in [0.4, 0.5) is 0 Å². The second-order valence-electron chi connectivity index (χ2n) is 4.80. The van der Waals surface area contributed by atoms with Crippen LogP contribution in [0.2, 0.25) is 0 Å². The van der Waals surface area contributed by atoms with E-state index in [1.54, 1.807) is 10.7 Å². The average Bonchev–Trinajstić information content (AvgIpc) is 3.15. The molecule has 0 radical (unpaired) electrons. The number of aromatic nitrogens is 2. The summed E-state index contributed by atoms with van der Waals surface area (Å²) in [4.78, 5) is 11.8. The number of nitrogens with zero attached hydrogens (tertiary/aromatic N) is 2. The molecule has 2 fully saturated rings. The van der Waals surface area contributed by atoms with Crippen molar-refractivity contribution in [1.29, 1.82) is 0 Å². The molecule has 1 aromatic rings. The van der Waals surface area contributed by atoms with Crippen LogP contribution in [-0.4, -0.2) is 22.9 Å². The SMILES string of the molecule is O=c1ccc(C2CC2)nn1C1CCNCC1. The van der Waals surface area contributed by atoms with Crippen molar-refractivity contribution < 1.29 is 0 Å². The van der Waals surface area contributed by atoms with Crippen LogP contribution in [0.25, 0.3) is 0 Å². The molecule has 0 spiro atoms. The molecule has 0 unspecified atom stereocenters. The quantitative estimate of drug-likeness (QED) is 0.808. The molecule has 1 aliphatic heterocycles. The molecule has 1 saturated heterocycles. The minimum Gasteiger partial charge on any atom is -0.317 e. The number of hydrogen-bond donors (Lipinski definition) is 1. The van der Waals surface area contributed by atoms with Gasteiger partial charge in [0.25, 0.3) is 5.56 Å². The van der Waals surface area contributed by atoms with Gasteiger partial charge in [0.1, 0.15) is 0 Å². The predicted octanol–water partition coefficient (Wildman–Crippen LogP) is 1.05. The Bertz CT molecular complexity index is 430. The summed E-state index contributed by atoms with van der Waals surface area (Å²) < 4.78 is 1.72. The fourth-order valence-corrected chi connectivity index (χ4v) is 2.35. The van der Waals surface area contributed by atoms with E-state index in [2.05, 4.69) is 10.4 Å². The Balaban J connectivity index is 1.91. The van der Waals surface area contributed by atoms with Crippen molar-refractivity contribution in [1.82, 2.24) is 15.1 Å². The van der Waals surface area contributed by atoms with Gasteiger partial charge in [0.2, 0.25) is 0 Å². The number of nitrogens with one attached hydrogen (secondary N) is 1. The predicted molar refractivity (Wildman–Crippen MR) is 61.6 cm³/mol. The van der Waals surface area contributed by atoms with Gasteiger partial charge in [0, 0.05) is 12.0 Å². The van der Waals surface area contributed by atoms with Crippen LogP contribution in [0.1, 0.15) is 43.3 Å². The van der Waals surface area contributed by atoms with Crippen LogP contribution in [0.5, 0.6) is 0 Å². The monoisotopic (exact) mass is 219 g/mol. The van der Waals surface area contributed by atoms with E-state index < -0.39 is 0 Å². The van der Waals surface area contributed by atoms with Crippen LogP contribution < -0.4 is 10.9 Å². The second kappa shape index (κ2) is 4.01. The molecule has 86 valence electrons. The van der Waals surface area contributed by atoms with E-state index in [0.717, 1.165) is 31.6 Å². The van der Waals surface area contributed by atoms with Crippen molar-refractivity contribution in [2.75, 3.05) is 13.1 Å². The number of hydrogen-bond acceptors (Lipinski definition) is 3. The Kier molecular flexibility index (Phi) is 2.52. The maximum Gasteiger partial charge on any atom is 0.267 e. The van der Waals surface area contributed by atoms with E-state index >= 15 is 0 Å². The molecule has 0 amide bonds. The molecule has 3 rings (SSSR count). The summed E-state index contributed by atoms with van der Waals surface area (Å²) in [5.41, 5.74) is 1.16. The van der Waals surface area contributed by atoms with Crippen molar-refractivity contribution in [2.24, 2.45) is 0 Å². The van der Waals surface area contributed by atoms with Crippen LogP contribution in [0, 0.1) is 0 Å². The summed E-state index contributed by atoms with van der Waals surface area (Å²) in [6, 6.07) is 3.88. The molecular weight excluding hydrogens is 202 g/mol. The highest BCUT2D eigenvalue weighted by Gasteiger charge is 2.26. The van der Waals surface area contributed by atoms with Crippen molar-refractivity contribution in [2.45, 2.75) is 37.6 Å². The molecular formula is C12H17N3O. The lowest BCUT2D eigenvalue weighted by Gasteiger charge is -2.23. The Labute approximate surface area is 94.7 Å². The van der Waals surface area contributed by atoms with E-state index in [9.17, 15) is 4.79 Å². The molecule has 1 N–H and O–H groups in total. The van der Waals surface area contributed by atoms with Gasteiger partial charge in [-0.3, -0.25) is 4.79 Å². The van der Waals surface area contributed by atoms with Gasteiger partial charge < -0.3 is 5.32 Å². The zero-order valence-corrected chi connectivity index (χ0v) is 9.35. The maximum absolute atomic E-state index is 11.8. The van der Waals surface area contributed by atoms with Gasteiger partial charge in [-0.1, -0.05) is 0 Å². The van der Waals surface area contributed by atoms with Gasteiger partial charge in [-0.25, -0.2) is 4.68 Å². The maximum atomic E-state index is 11.8. The molecule has 4 heteroatoms. The van der Waals surface area contributed by atoms with Gasteiger partial charge in [-0.05, 0) is 44.8 Å². The van der Waals surface area contributed by atoms with Gasteiger partial charge in [-0.2, -0.15) is 5.10 Å². The normalized spacial score (nSPS) is 22.2. The minimum absolute atomic E-state index is 0.0521. The third-order valence-electron chi connectivity index (χ3n) is 3.50. The molecule has 2 aliphatic rings. The summed E-state index contributed by atoms with van der Waals surface area (Å²) in [5.74, 6) is 0.619. The lowest BCUT2D eigenvalue weighted by Crippen LogP contribution is -2.35. The smallest absolute Gasteiger partial charge is 0.267 e. The second-order valence-corrected chi connectivity index (χ2v) is 4.80. The number of rotatable bonds is 2. The van der Waals surface area contributed by atoms with E-state index in [1.807, 2.05) is 6.07 Å². The first kappa shape index (κ1) is 10.0.